The van der Waals surface area contributed by atoms with E-state index in [-0.39, 0.29) is 0 Å². The van der Waals surface area contributed by atoms with E-state index in [0.29, 0.717) is 5.75 Å². The van der Waals surface area contributed by atoms with E-state index in [1.54, 1.807) is 17.8 Å². The number of hydrogen-bond donors (Lipinski definition) is 4. The zero-order chi connectivity index (χ0) is 23.7. The summed E-state index contributed by atoms with van der Waals surface area (Å²) >= 11 is 1.65. The lowest BCUT2D eigenvalue weighted by atomic mass is 9.99. The van der Waals surface area contributed by atoms with Gasteiger partial charge in [-0.2, -0.15) is 0 Å². The summed E-state index contributed by atoms with van der Waals surface area (Å²) in [5, 5.41) is 39.5. The second kappa shape index (κ2) is 9.88. The molecule has 2 aromatic carbocycles. The number of carbonyl (C=O) groups is 1. The van der Waals surface area contributed by atoms with E-state index in [1.807, 2.05) is 38.4 Å². The SMILES string of the molecule is CN(C)CCCN1c2ccccc2Sc2ccc(O[C@@H]3O[C@H](C(=O)O)[C@@H](O)[C@H](O)[C@H]3O)cc21. The monoisotopic (exact) mass is 476 g/mol. The summed E-state index contributed by atoms with van der Waals surface area (Å²) in [6, 6.07) is 13.6. The molecule has 4 rings (SSSR count). The Morgan fingerprint density at radius 1 is 1.06 bits per heavy atom. The minimum atomic E-state index is -1.76. The summed E-state index contributed by atoms with van der Waals surface area (Å²) in [4.78, 5) is 17.9. The molecule has 0 bridgehead atoms. The standard InChI is InChI=1S/C23H28N2O7S/c1-24(2)10-5-11-25-14-6-3-4-7-16(14)33-17-9-8-13(12-15(17)25)31-23-20(28)18(26)19(27)21(32-23)22(29)30/h3-4,6-9,12,18-21,23,26-28H,5,10-11H2,1-2H3,(H,29,30)/t18-,19-,20+,21-,23+/m0/s1. The number of carboxylic acid groups (broad SMARTS) is 1. The number of rotatable bonds is 7. The molecule has 0 spiro atoms. The molecule has 33 heavy (non-hydrogen) atoms. The van der Waals surface area contributed by atoms with Crippen molar-refractivity contribution < 1.29 is 34.7 Å². The van der Waals surface area contributed by atoms with Crippen LogP contribution >= 0.6 is 11.8 Å². The number of carboxylic acids is 1. The van der Waals surface area contributed by atoms with Gasteiger partial charge in [0.1, 0.15) is 24.1 Å². The van der Waals surface area contributed by atoms with Crippen molar-refractivity contribution in [2.45, 2.75) is 46.9 Å². The van der Waals surface area contributed by atoms with E-state index < -0.39 is 36.7 Å². The van der Waals surface area contributed by atoms with Gasteiger partial charge in [0.2, 0.25) is 6.29 Å². The normalized spacial score (nSPS) is 26.6. The first kappa shape index (κ1) is 23.8. The zero-order valence-corrected chi connectivity index (χ0v) is 19.2. The first-order chi connectivity index (χ1) is 15.8. The molecule has 10 heteroatoms. The van der Waals surface area contributed by atoms with Gasteiger partial charge in [-0.15, -0.1) is 0 Å². The molecule has 9 nitrogen and oxygen atoms in total. The molecule has 4 N–H and O–H groups in total. The van der Waals surface area contributed by atoms with Crippen LogP contribution in [-0.4, -0.2) is 89.2 Å². The highest BCUT2D eigenvalue weighted by Crippen LogP contribution is 2.49. The largest absolute Gasteiger partial charge is 0.479 e. The van der Waals surface area contributed by atoms with Gasteiger partial charge in [0.15, 0.2) is 6.10 Å². The van der Waals surface area contributed by atoms with Crippen LogP contribution in [0.3, 0.4) is 0 Å². The summed E-state index contributed by atoms with van der Waals surface area (Å²) in [6.45, 7) is 1.71. The van der Waals surface area contributed by atoms with Crippen LogP contribution < -0.4 is 9.64 Å². The molecular formula is C23H28N2O7S. The van der Waals surface area contributed by atoms with Crippen LogP contribution in [0.5, 0.6) is 5.75 Å². The molecule has 1 saturated heterocycles. The Hall–Kier alpha value is -2.34. The average molecular weight is 477 g/mol. The van der Waals surface area contributed by atoms with Gasteiger partial charge in [-0.1, -0.05) is 23.9 Å². The highest BCUT2D eigenvalue weighted by atomic mass is 32.2. The Bertz CT molecular complexity index is 1000. The smallest absolute Gasteiger partial charge is 0.335 e. The van der Waals surface area contributed by atoms with Crippen molar-refractivity contribution in [1.82, 2.24) is 4.90 Å². The first-order valence-corrected chi connectivity index (χ1v) is 11.5. The van der Waals surface area contributed by atoms with Gasteiger partial charge in [-0.25, -0.2) is 4.79 Å². The third kappa shape index (κ3) is 4.96. The van der Waals surface area contributed by atoms with Crippen molar-refractivity contribution in [1.29, 1.82) is 0 Å². The molecular weight excluding hydrogens is 448 g/mol. The fraction of sp³-hybridized carbons (Fsp3) is 0.435. The Morgan fingerprint density at radius 2 is 1.79 bits per heavy atom. The predicted molar refractivity (Wildman–Crippen MR) is 122 cm³/mol. The van der Waals surface area contributed by atoms with Gasteiger partial charge < -0.3 is 39.7 Å². The number of benzene rings is 2. The highest BCUT2D eigenvalue weighted by Gasteiger charge is 2.48. The van der Waals surface area contributed by atoms with E-state index in [4.69, 9.17) is 9.47 Å². The maximum Gasteiger partial charge on any atom is 0.335 e. The minimum absolute atomic E-state index is 0.350. The van der Waals surface area contributed by atoms with Gasteiger partial charge >= 0.3 is 5.97 Å². The van der Waals surface area contributed by atoms with Gasteiger partial charge in [-0.3, -0.25) is 0 Å². The number of para-hydroxylation sites is 1. The van der Waals surface area contributed by atoms with Crippen molar-refractivity contribution in [3.63, 3.8) is 0 Å². The van der Waals surface area contributed by atoms with Crippen LogP contribution in [0.25, 0.3) is 0 Å². The Balaban J connectivity index is 1.60. The molecule has 2 heterocycles. The van der Waals surface area contributed by atoms with Crippen LogP contribution in [0.2, 0.25) is 0 Å². The molecule has 0 amide bonds. The summed E-state index contributed by atoms with van der Waals surface area (Å²) in [5.41, 5.74) is 2.01. The number of ether oxygens (including phenoxy) is 2. The molecule has 0 saturated carbocycles. The highest BCUT2D eigenvalue weighted by molar-refractivity contribution is 7.99. The van der Waals surface area contributed by atoms with E-state index >= 15 is 0 Å². The van der Waals surface area contributed by atoms with E-state index in [2.05, 4.69) is 21.9 Å². The number of anilines is 2. The molecule has 0 aliphatic carbocycles. The maximum atomic E-state index is 11.4. The zero-order valence-electron chi connectivity index (χ0n) is 18.4. The van der Waals surface area contributed by atoms with Crippen LogP contribution in [0.4, 0.5) is 11.4 Å². The number of aliphatic carboxylic acids is 1. The second-order valence-corrected chi connectivity index (χ2v) is 9.44. The molecule has 5 atom stereocenters. The third-order valence-corrected chi connectivity index (χ3v) is 6.78. The fourth-order valence-electron chi connectivity index (χ4n) is 3.95. The number of hydrogen-bond acceptors (Lipinski definition) is 9. The molecule has 0 unspecified atom stereocenters. The molecule has 178 valence electrons. The average Bonchev–Trinajstić information content (AvgIpc) is 2.78. The number of aliphatic hydroxyl groups is 3. The summed E-state index contributed by atoms with van der Waals surface area (Å²) < 4.78 is 11.0. The fourth-order valence-corrected chi connectivity index (χ4v) is 5.03. The lowest BCUT2D eigenvalue weighted by molar-refractivity contribution is -0.271. The van der Waals surface area contributed by atoms with Crippen LogP contribution in [0.1, 0.15) is 6.42 Å². The number of aliphatic hydroxyl groups excluding tert-OH is 3. The predicted octanol–water partition coefficient (Wildman–Crippen LogP) is 1.51. The van der Waals surface area contributed by atoms with Gasteiger partial charge in [0, 0.05) is 22.4 Å². The second-order valence-electron chi connectivity index (χ2n) is 8.36. The van der Waals surface area contributed by atoms with E-state index in [0.717, 1.165) is 40.7 Å². The quantitative estimate of drug-likeness (QED) is 0.468. The van der Waals surface area contributed by atoms with Gasteiger partial charge in [-0.05, 0) is 51.3 Å². The number of nitrogens with zero attached hydrogens (tertiary/aromatic N) is 2. The summed E-state index contributed by atoms with van der Waals surface area (Å²) in [6.07, 6.45) is -7.32. The van der Waals surface area contributed by atoms with Crippen LogP contribution in [-0.2, 0) is 9.53 Å². The summed E-state index contributed by atoms with van der Waals surface area (Å²) in [5.74, 6) is -1.10. The maximum absolute atomic E-state index is 11.4. The lowest BCUT2D eigenvalue weighted by Gasteiger charge is -2.38. The first-order valence-electron chi connectivity index (χ1n) is 10.7. The third-order valence-electron chi connectivity index (χ3n) is 5.65. The van der Waals surface area contributed by atoms with Crippen molar-refractivity contribution in [3.8, 4) is 5.75 Å². The number of fused-ring (bicyclic) bond motifs is 2. The summed E-state index contributed by atoms with van der Waals surface area (Å²) in [7, 11) is 4.07. The van der Waals surface area contributed by atoms with Gasteiger partial charge in [0.25, 0.3) is 0 Å². The Labute approximate surface area is 196 Å². The molecule has 2 aliphatic heterocycles. The minimum Gasteiger partial charge on any atom is -0.479 e. The van der Waals surface area contributed by atoms with Crippen molar-refractivity contribution in [2.24, 2.45) is 0 Å². The lowest BCUT2D eigenvalue weighted by Crippen LogP contribution is -2.61. The molecule has 0 aromatic heterocycles. The van der Waals surface area contributed by atoms with Gasteiger partial charge in [0.05, 0.1) is 11.4 Å². The molecule has 1 fully saturated rings. The van der Waals surface area contributed by atoms with E-state index in [9.17, 15) is 25.2 Å². The Morgan fingerprint density at radius 3 is 2.52 bits per heavy atom. The molecule has 2 aliphatic rings. The van der Waals surface area contributed by atoms with Crippen molar-refractivity contribution >= 4 is 29.1 Å². The van der Waals surface area contributed by atoms with E-state index in [1.165, 1.54) is 0 Å². The topological polar surface area (TPSA) is 123 Å². The van der Waals surface area contributed by atoms with Crippen molar-refractivity contribution in [2.75, 3.05) is 32.1 Å². The Kier molecular flexibility index (Phi) is 7.13. The molecule has 0 radical (unpaired) electrons. The molecule has 2 aromatic rings. The van der Waals surface area contributed by atoms with Crippen LogP contribution in [0, 0.1) is 0 Å². The van der Waals surface area contributed by atoms with Crippen LogP contribution in [0.15, 0.2) is 52.3 Å². The van der Waals surface area contributed by atoms with Crippen molar-refractivity contribution in [3.05, 3.63) is 42.5 Å².